The molecule has 27 heavy (non-hydrogen) atoms. The molecule has 0 radical (unpaired) electrons. The SMILES string of the molecule is CCc1cccc(C)c1NS(=O)(=O)c1ccc(OCC(=O)N(C)C)c(C)c1. The fourth-order valence-corrected chi connectivity index (χ4v) is 3.84. The van der Waals surface area contributed by atoms with E-state index in [1.54, 1.807) is 33.2 Å². The molecule has 0 aromatic heterocycles. The van der Waals surface area contributed by atoms with E-state index in [4.69, 9.17) is 4.74 Å². The van der Waals surface area contributed by atoms with Crippen LogP contribution < -0.4 is 9.46 Å². The zero-order valence-electron chi connectivity index (χ0n) is 16.4. The topological polar surface area (TPSA) is 75.7 Å². The average molecular weight is 391 g/mol. The third-order valence-electron chi connectivity index (χ3n) is 4.28. The van der Waals surface area contributed by atoms with Gasteiger partial charge in [-0.05, 0) is 55.2 Å². The number of nitrogens with zero attached hydrogens (tertiary/aromatic N) is 1. The van der Waals surface area contributed by atoms with E-state index in [1.165, 1.54) is 11.0 Å². The summed E-state index contributed by atoms with van der Waals surface area (Å²) >= 11 is 0. The first-order chi connectivity index (χ1) is 12.7. The zero-order valence-corrected chi connectivity index (χ0v) is 17.2. The first-order valence-corrected chi connectivity index (χ1v) is 10.2. The summed E-state index contributed by atoms with van der Waals surface area (Å²) in [5.41, 5.74) is 3.08. The van der Waals surface area contributed by atoms with Crippen LogP contribution >= 0.6 is 0 Å². The van der Waals surface area contributed by atoms with E-state index in [1.807, 2.05) is 32.0 Å². The molecule has 0 heterocycles. The molecule has 1 amide bonds. The summed E-state index contributed by atoms with van der Waals surface area (Å²) in [6.45, 7) is 5.51. The lowest BCUT2D eigenvalue weighted by Crippen LogP contribution is -2.27. The third-order valence-corrected chi connectivity index (χ3v) is 5.63. The smallest absolute Gasteiger partial charge is 0.261 e. The van der Waals surface area contributed by atoms with E-state index >= 15 is 0 Å². The highest BCUT2D eigenvalue weighted by atomic mass is 32.2. The first kappa shape index (κ1) is 20.8. The summed E-state index contributed by atoms with van der Waals surface area (Å²) in [5.74, 6) is 0.314. The Kier molecular flexibility index (Phi) is 6.49. The molecule has 0 aliphatic rings. The Hall–Kier alpha value is -2.54. The van der Waals surface area contributed by atoms with Gasteiger partial charge in [0.2, 0.25) is 0 Å². The zero-order chi connectivity index (χ0) is 20.2. The molecule has 0 unspecified atom stereocenters. The van der Waals surface area contributed by atoms with Gasteiger partial charge in [-0.2, -0.15) is 0 Å². The Morgan fingerprint density at radius 3 is 2.41 bits per heavy atom. The Labute approximate surface area is 161 Å². The minimum Gasteiger partial charge on any atom is -0.483 e. The maximum atomic E-state index is 12.8. The standard InChI is InChI=1S/C20H26N2O4S/c1-6-16-9-7-8-14(2)20(16)21-27(24,25)17-10-11-18(15(3)12-17)26-13-19(23)22(4)5/h7-12,21H,6,13H2,1-5H3. The van der Waals surface area contributed by atoms with Crippen molar-refractivity contribution >= 4 is 21.6 Å². The van der Waals surface area contributed by atoms with Crippen LogP contribution in [-0.4, -0.2) is 39.9 Å². The number of anilines is 1. The number of para-hydroxylation sites is 1. The second-order valence-electron chi connectivity index (χ2n) is 6.57. The van der Waals surface area contributed by atoms with E-state index in [0.29, 0.717) is 17.0 Å². The number of sulfonamides is 1. The molecule has 0 fully saturated rings. The molecule has 0 saturated heterocycles. The highest BCUT2D eigenvalue weighted by molar-refractivity contribution is 7.92. The van der Waals surface area contributed by atoms with E-state index in [-0.39, 0.29) is 17.4 Å². The summed E-state index contributed by atoms with van der Waals surface area (Å²) in [4.78, 5) is 13.2. The molecule has 2 rings (SSSR count). The van der Waals surface area contributed by atoms with Gasteiger partial charge in [-0.3, -0.25) is 9.52 Å². The van der Waals surface area contributed by atoms with Gasteiger partial charge in [-0.25, -0.2) is 8.42 Å². The van der Waals surface area contributed by atoms with Crippen molar-refractivity contribution in [2.45, 2.75) is 32.1 Å². The highest BCUT2D eigenvalue weighted by Crippen LogP contribution is 2.27. The number of aryl methyl sites for hydroxylation is 3. The fraction of sp³-hybridized carbons (Fsp3) is 0.350. The lowest BCUT2D eigenvalue weighted by molar-refractivity contribution is -0.130. The molecular weight excluding hydrogens is 364 g/mol. The highest BCUT2D eigenvalue weighted by Gasteiger charge is 2.18. The Morgan fingerprint density at radius 1 is 1.11 bits per heavy atom. The van der Waals surface area contributed by atoms with Gasteiger partial charge in [0, 0.05) is 14.1 Å². The molecule has 0 spiro atoms. The monoisotopic (exact) mass is 390 g/mol. The predicted molar refractivity (Wildman–Crippen MR) is 107 cm³/mol. The van der Waals surface area contributed by atoms with Crippen molar-refractivity contribution in [3.8, 4) is 5.75 Å². The van der Waals surface area contributed by atoms with Gasteiger partial charge >= 0.3 is 0 Å². The lowest BCUT2D eigenvalue weighted by atomic mass is 10.1. The largest absolute Gasteiger partial charge is 0.483 e. The maximum Gasteiger partial charge on any atom is 0.261 e. The van der Waals surface area contributed by atoms with Crippen LogP contribution in [0.2, 0.25) is 0 Å². The Balaban J connectivity index is 2.25. The Morgan fingerprint density at radius 2 is 1.81 bits per heavy atom. The van der Waals surface area contributed by atoms with Crippen molar-refractivity contribution in [2.75, 3.05) is 25.4 Å². The number of benzene rings is 2. The maximum absolute atomic E-state index is 12.8. The third kappa shape index (κ3) is 5.01. The van der Waals surface area contributed by atoms with E-state index in [9.17, 15) is 13.2 Å². The second kappa shape index (κ2) is 8.43. The number of ether oxygens (including phenoxy) is 1. The minimum absolute atomic E-state index is 0.0960. The van der Waals surface area contributed by atoms with Crippen LogP contribution in [0.4, 0.5) is 5.69 Å². The molecule has 0 bridgehead atoms. The molecule has 0 aliphatic carbocycles. The Bertz CT molecular complexity index is 937. The molecule has 7 heteroatoms. The summed E-state index contributed by atoms with van der Waals surface area (Å²) < 4.78 is 33.9. The number of amides is 1. The number of rotatable bonds is 7. The fourth-order valence-electron chi connectivity index (χ4n) is 2.58. The van der Waals surface area contributed by atoms with Crippen molar-refractivity contribution in [1.29, 1.82) is 0 Å². The number of carbonyl (C=O) groups excluding carboxylic acids is 1. The van der Waals surface area contributed by atoms with Crippen LogP contribution in [0.25, 0.3) is 0 Å². The van der Waals surface area contributed by atoms with Crippen LogP contribution in [0.3, 0.4) is 0 Å². The van der Waals surface area contributed by atoms with Crippen LogP contribution in [0.5, 0.6) is 5.75 Å². The lowest BCUT2D eigenvalue weighted by Gasteiger charge is -2.16. The minimum atomic E-state index is -3.73. The summed E-state index contributed by atoms with van der Waals surface area (Å²) in [6, 6.07) is 10.3. The molecule has 0 aliphatic heterocycles. The van der Waals surface area contributed by atoms with Crippen LogP contribution in [0.1, 0.15) is 23.6 Å². The van der Waals surface area contributed by atoms with Crippen LogP contribution in [-0.2, 0) is 21.2 Å². The number of hydrogen-bond donors (Lipinski definition) is 1. The first-order valence-electron chi connectivity index (χ1n) is 8.70. The van der Waals surface area contributed by atoms with Crippen molar-refractivity contribution in [1.82, 2.24) is 4.90 Å². The van der Waals surface area contributed by atoms with Crippen molar-refractivity contribution in [2.24, 2.45) is 0 Å². The van der Waals surface area contributed by atoms with Crippen LogP contribution in [0.15, 0.2) is 41.3 Å². The average Bonchev–Trinajstić information content (AvgIpc) is 2.61. The van der Waals surface area contributed by atoms with Crippen molar-refractivity contribution < 1.29 is 17.9 Å². The molecule has 0 atom stereocenters. The van der Waals surface area contributed by atoms with Crippen molar-refractivity contribution in [3.63, 3.8) is 0 Å². The van der Waals surface area contributed by atoms with E-state index < -0.39 is 10.0 Å². The van der Waals surface area contributed by atoms with Gasteiger partial charge in [-0.15, -0.1) is 0 Å². The summed E-state index contributed by atoms with van der Waals surface area (Å²) in [7, 11) is -0.435. The van der Waals surface area contributed by atoms with E-state index in [0.717, 1.165) is 17.5 Å². The predicted octanol–water partition coefficient (Wildman–Crippen LogP) is 3.13. The van der Waals surface area contributed by atoms with Gasteiger partial charge in [0.15, 0.2) is 6.61 Å². The van der Waals surface area contributed by atoms with E-state index in [2.05, 4.69) is 4.72 Å². The second-order valence-corrected chi connectivity index (χ2v) is 8.25. The van der Waals surface area contributed by atoms with Crippen molar-refractivity contribution in [3.05, 3.63) is 53.1 Å². The van der Waals surface area contributed by atoms with Gasteiger partial charge < -0.3 is 9.64 Å². The molecule has 6 nitrogen and oxygen atoms in total. The normalized spacial score (nSPS) is 11.1. The molecule has 1 N–H and O–H groups in total. The number of nitrogens with one attached hydrogen (secondary N) is 1. The molecule has 2 aromatic rings. The quantitative estimate of drug-likeness (QED) is 0.788. The number of hydrogen-bond acceptors (Lipinski definition) is 4. The molecule has 0 saturated carbocycles. The summed E-state index contributed by atoms with van der Waals surface area (Å²) in [6.07, 6.45) is 0.727. The molecular formula is C20H26N2O4S. The molecule has 146 valence electrons. The van der Waals surface area contributed by atoms with Crippen LogP contribution in [0, 0.1) is 13.8 Å². The van der Waals surface area contributed by atoms with Gasteiger partial charge in [0.25, 0.3) is 15.9 Å². The summed E-state index contributed by atoms with van der Waals surface area (Å²) in [5, 5.41) is 0. The number of likely N-dealkylation sites (N-methyl/N-ethyl adjacent to an activating group) is 1. The van der Waals surface area contributed by atoms with Gasteiger partial charge in [0.05, 0.1) is 10.6 Å². The van der Waals surface area contributed by atoms with Gasteiger partial charge in [-0.1, -0.05) is 25.1 Å². The molecule has 2 aromatic carbocycles. The van der Waals surface area contributed by atoms with Gasteiger partial charge in [0.1, 0.15) is 5.75 Å². The number of carbonyl (C=O) groups is 1.